The van der Waals surface area contributed by atoms with E-state index in [1.807, 2.05) is 30.3 Å². The molecule has 8 nitrogen and oxygen atoms in total. The van der Waals surface area contributed by atoms with Gasteiger partial charge in [-0.2, -0.15) is 0 Å². The van der Waals surface area contributed by atoms with Crippen molar-refractivity contribution >= 4 is 0 Å². The molecule has 1 aromatic rings. The Morgan fingerprint density at radius 3 is 2.54 bits per heavy atom. The van der Waals surface area contributed by atoms with Gasteiger partial charge in [0.25, 0.3) is 0 Å². The third-order valence-electron chi connectivity index (χ3n) is 15.1. The lowest BCUT2D eigenvalue weighted by Crippen LogP contribution is -2.66. The highest BCUT2D eigenvalue weighted by atomic mass is 16.7. The maximum atomic E-state index is 11.7. The van der Waals surface area contributed by atoms with Crippen LogP contribution < -0.4 is 0 Å². The number of rotatable bonds is 3. The lowest BCUT2D eigenvalue weighted by atomic mass is 9.47. The van der Waals surface area contributed by atoms with Gasteiger partial charge < -0.3 is 38.6 Å². The third kappa shape index (κ3) is 4.83. The van der Waals surface area contributed by atoms with E-state index >= 15 is 0 Å². The predicted octanol–water partition coefficient (Wildman–Crippen LogP) is 6.30. The van der Waals surface area contributed by atoms with Gasteiger partial charge in [0.15, 0.2) is 12.1 Å². The molecule has 1 spiro atoms. The van der Waals surface area contributed by atoms with Crippen LogP contribution in [-0.2, 0) is 28.4 Å². The zero-order valence-corrected chi connectivity index (χ0v) is 29.2. The number of ether oxygens (including phenoxy) is 6. The summed E-state index contributed by atoms with van der Waals surface area (Å²) < 4.78 is 38.1. The quantitative estimate of drug-likeness (QED) is 0.287. The minimum absolute atomic E-state index is 0.107. The smallest absolute Gasteiger partial charge is 0.219 e. The molecule has 7 fully saturated rings. The van der Waals surface area contributed by atoms with E-state index in [0.29, 0.717) is 47.0 Å². The molecule has 4 heterocycles. The van der Waals surface area contributed by atoms with Crippen molar-refractivity contribution < 1.29 is 38.6 Å². The molecule has 16 atom stereocenters. The van der Waals surface area contributed by atoms with E-state index in [1.54, 1.807) is 0 Å². The minimum atomic E-state index is -1.83. The van der Waals surface area contributed by atoms with Gasteiger partial charge in [-0.3, -0.25) is 0 Å². The molecule has 3 saturated carbocycles. The summed E-state index contributed by atoms with van der Waals surface area (Å²) >= 11 is 0. The van der Waals surface area contributed by atoms with Gasteiger partial charge in [0, 0.05) is 17.9 Å². The van der Waals surface area contributed by atoms with E-state index in [-0.39, 0.29) is 30.5 Å². The highest BCUT2D eigenvalue weighted by molar-refractivity contribution is 5.27. The van der Waals surface area contributed by atoms with Crippen LogP contribution in [0, 0.1) is 46.3 Å². The molecule has 9 rings (SSSR count). The summed E-state index contributed by atoms with van der Waals surface area (Å²) in [7, 11) is 0. The van der Waals surface area contributed by atoms with Crippen LogP contribution in [0.5, 0.6) is 0 Å². The zero-order chi connectivity index (χ0) is 33.1. The SMILES string of the molecule is C[C@@H]1CC[C@@]2(OC1)OC1CC3[C@@H]4CC=C5CC(OC6(O)COC7COC(c8ccccc8)OC7C6O)CCC5(C)[C@H]4CCC3(C)C1[C@@H]2C. The maximum absolute atomic E-state index is 11.7. The zero-order valence-electron chi connectivity index (χ0n) is 29.2. The van der Waals surface area contributed by atoms with E-state index in [2.05, 4.69) is 33.8 Å². The number of aliphatic hydroxyl groups excluding tert-OH is 1. The Balaban J connectivity index is 0.879. The number of fused-ring (bicyclic) bond motifs is 8. The van der Waals surface area contributed by atoms with Crippen molar-refractivity contribution in [2.24, 2.45) is 46.3 Å². The Hall–Kier alpha value is -1.36. The van der Waals surface area contributed by atoms with E-state index in [4.69, 9.17) is 28.4 Å². The molecule has 1 aromatic carbocycles. The van der Waals surface area contributed by atoms with E-state index in [9.17, 15) is 10.2 Å². The van der Waals surface area contributed by atoms with Gasteiger partial charge in [-0.25, -0.2) is 0 Å². The molecular weight excluding hydrogens is 608 g/mol. The van der Waals surface area contributed by atoms with Crippen LogP contribution in [0.4, 0.5) is 0 Å². The number of allylic oxidation sites excluding steroid dienone is 1. The van der Waals surface area contributed by atoms with E-state index in [1.165, 1.54) is 31.3 Å². The van der Waals surface area contributed by atoms with Gasteiger partial charge in [0.1, 0.15) is 24.9 Å². The van der Waals surface area contributed by atoms with Crippen LogP contribution >= 0.6 is 0 Å². The molecule has 0 aromatic heterocycles. The van der Waals surface area contributed by atoms with Gasteiger partial charge >= 0.3 is 0 Å². The molecule has 4 saturated heterocycles. The fourth-order valence-electron chi connectivity index (χ4n) is 12.5. The normalized spacial score (nSPS) is 54.4. The maximum Gasteiger partial charge on any atom is 0.219 e. The molecule has 8 heteroatoms. The fraction of sp³-hybridized carbons (Fsp3) is 0.800. The molecule has 2 N–H and O–H groups in total. The molecule has 4 aliphatic heterocycles. The van der Waals surface area contributed by atoms with Crippen LogP contribution in [0.25, 0.3) is 0 Å². The van der Waals surface area contributed by atoms with Gasteiger partial charge in [-0.05, 0) is 91.8 Å². The minimum Gasteiger partial charge on any atom is -0.385 e. The summed E-state index contributed by atoms with van der Waals surface area (Å²) in [6.07, 6.45) is 9.31. The Labute approximate surface area is 285 Å². The van der Waals surface area contributed by atoms with Crippen LogP contribution in [0.2, 0.25) is 0 Å². The first-order valence-electron chi connectivity index (χ1n) is 19.1. The molecule has 11 unspecified atom stereocenters. The Kier molecular flexibility index (Phi) is 7.85. The molecule has 48 heavy (non-hydrogen) atoms. The molecular formula is C40H56O8. The van der Waals surface area contributed by atoms with Crippen LogP contribution in [0.3, 0.4) is 0 Å². The second-order valence-corrected chi connectivity index (χ2v) is 17.6. The standard InChI is InChI=1S/C40H56O8/c1-23-12-17-40(45-20-23)24(2)33-31(48-40)19-30-28-11-10-26-18-27(13-15-37(26,3)29(28)14-16-38(30,33)4)47-39(42)22-44-32-21-43-36(46-34(32)35(39)41)25-8-6-5-7-9-25/h5-10,23-24,27-36,41-42H,11-22H2,1-4H3/t23-,24+,27?,28-,29+,30?,31?,32?,33?,34?,35?,36?,37?,38?,39?,40-/m1/s1. The summed E-state index contributed by atoms with van der Waals surface area (Å²) in [5.41, 5.74) is 2.79. The van der Waals surface area contributed by atoms with Gasteiger partial charge in [0.2, 0.25) is 5.79 Å². The van der Waals surface area contributed by atoms with Crippen molar-refractivity contribution in [3.8, 4) is 0 Å². The fourth-order valence-corrected chi connectivity index (χ4v) is 12.5. The summed E-state index contributed by atoms with van der Waals surface area (Å²) in [6, 6.07) is 9.68. The predicted molar refractivity (Wildman–Crippen MR) is 177 cm³/mol. The average molecular weight is 665 g/mol. The highest BCUT2D eigenvalue weighted by Gasteiger charge is 2.69. The van der Waals surface area contributed by atoms with Crippen molar-refractivity contribution in [2.45, 2.75) is 134 Å². The topological polar surface area (TPSA) is 95.8 Å². The second-order valence-electron chi connectivity index (χ2n) is 17.6. The van der Waals surface area contributed by atoms with Gasteiger partial charge in [-0.1, -0.05) is 69.7 Å². The summed E-state index contributed by atoms with van der Waals surface area (Å²) in [6.45, 7) is 10.8. The van der Waals surface area contributed by atoms with Crippen molar-refractivity contribution in [2.75, 3.05) is 19.8 Å². The molecule has 0 radical (unpaired) electrons. The van der Waals surface area contributed by atoms with E-state index in [0.717, 1.165) is 44.3 Å². The Morgan fingerprint density at radius 2 is 1.75 bits per heavy atom. The van der Waals surface area contributed by atoms with Crippen LogP contribution in [0.15, 0.2) is 42.0 Å². The highest BCUT2D eigenvalue weighted by Crippen LogP contribution is 2.70. The number of hydrogen-bond donors (Lipinski definition) is 2. The Bertz CT molecular complexity index is 1390. The molecule has 4 aliphatic carbocycles. The Morgan fingerprint density at radius 1 is 0.917 bits per heavy atom. The number of benzene rings is 1. The number of aliphatic hydroxyl groups is 2. The van der Waals surface area contributed by atoms with Crippen LogP contribution in [-0.4, -0.2) is 72.1 Å². The van der Waals surface area contributed by atoms with Crippen LogP contribution in [0.1, 0.15) is 97.3 Å². The lowest BCUT2D eigenvalue weighted by molar-refractivity contribution is -0.388. The van der Waals surface area contributed by atoms with Crippen molar-refractivity contribution in [3.05, 3.63) is 47.5 Å². The second kappa shape index (κ2) is 11.6. The average Bonchev–Trinajstić information content (AvgIpc) is 3.54. The number of hydrogen-bond acceptors (Lipinski definition) is 8. The summed E-state index contributed by atoms with van der Waals surface area (Å²) in [4.78, 5) is 0. The molecule has 264 valence electrons. The van der Waals surface area contributed by atoms with E-state index < -0.39 is 30.4 Å². The van der Waals surface area contributed by atoms with Crippen molar-refractivity contribution in [1.29, 1.82) is 0 Å². The third-order valence-corrected chi connectivity index (χ3v) is 15.1. The largest absolute Gasteiger partial charge is 0.385 e. The first-order chi connectivity index (χ1) is 23.0. The molecule has 0 amide bonds. The first kappa shape index (κ1) is 32.5. The first-order valence-corrected chi connectivity index (χ1v) is 19.1. The monoisotopic (exact) mass is 664 g/mol. The molecule has 8 aliphatic rings. The summed E-state index contributed by atoms with van der Waals surface area (Å²) in [5, 5.41) is 23.2. The van der Waals surface area contributed by atoms with Gasteiger partial charge in [-0.15, -0.1) is 0 Å². The lowest BCUT2D eigenvalue weighted by Gasteiger charge is -2.59. The molecule has 0 bridgehead atoms. The van der Waals surface area contributed by atoms with Crippen molar-refractivity contribution in [3.63, 3.8) is 0 Å². The van der Waals surface area contributed by atoms with Gasteiger partial charge in [0.05, 0.1) is 25.4 Å². The summed E-state index contributed by atoms with van der Waals surface area (Å²) in [5.74, 6) is 1.46. The van der Waals surface area contributed by atoms with Crippen molar-refractivity contribution in [1.82, 2.24) is 0 Å².